The summed E-state index contributed by atoms with van der Waals surface area (Å²) in [6, 6.07) is 6.93. The van der Waals surface area contributed by atoms with Gasteiger partial charge in [0, 0.05) is 35.8 Å². The fourth-order valence-corrected chi connectivity index (χ4v) is 3.56. The molecule has 0 aromatic heterocycles. The zero-order chi connectivity index (χ0) is 21.8. The lowest BCUT2D eigenvalue weighted by Crippen LogP contribution is -2.28. The maximum atomic E-state index is 12.6. The monoisotopic (exact) mass is 436 g/mol. The second-order valence-corrected chi connectivity index (χ2v) is 6.86. The van der Waals surface area contributed by atoms with Crippen molar-refractivity contribution in [1.29, 1.82) is 0 Å². The third-order valence-electron chi connectivity index (χ3n) is 4.82. The van der Waals surface area contributed by atoms with Gasteiger partial charge in [-0.15, -0.1) is 0 Å². The van der Waals surface area contributed by atoms with Gasteiger partial charge in [0.2, 0.25) is 0 Å². The van der Waals surface area contributed by atoms with E-state index < -0.39 is 30.4 Å². The fraction of sp³-hybridized carbons (Fsp3) is 0.350. The third-order valence-corrected chi connectivity index (χ3v) is 5.07. The van der Waals surface area contributed by atoms with Gasteiger partial charge in [0.25, 0.3) is 0 Å². The zero-order valence-corrected chi connectivity index (χ0v) is 17.4. The lowest BCUT2D eigenvalue weighted by atomic mass is 9.83. The van der Waals surface area contributed by atoms with Crippen LogP contribution in [0.25, 0.3) is 5.57 Å². The topological polar surface area (TPSA) is 112 Å². The van der Waals surface area contributed by atoms with Gasteiger partial charge in [-0.05, 0) is 17.7 Å². The van der Waals surface area contributed by atoms with Crippen LogP contribution < -0.4 is 10.6 Å². The molecule has 2 bridgehead atoms. The lowest BCUT2D eigenvalue weighted by Gasteiger charge is -2.22. The van der Waals surface area contributed by atoms with E-state index in [-0.39, 0.29) is 13.2 Å². The molecule has 2 aliphatic heterocycles. The Balaban J connectivity index is 2.02. The Labute approximate surface area is 177 Å². The van der Waals surface area contributed by atoms with Gasteiger partial charge in [-0.25, -0.2) is 14.4 Å². The SMILES string of the molecule is CNC(=O)OCC1=C(COC(=O)NC)C2OC1C(C(=O)OC)=C2c1ccc(Cl)cc1. The number of nitrogens with one attached hydrogen (secondary N) is 2. The first-order valence-corrected chi connectivity index (χ1v) is 9.43. The van der Waals surface area contributed by atoms with Crippen molar-refractivity contribution >= 4 is 35.3 Å². The van der Waals surface area contributed by atoms with Gasteiger partial charge in [0.15, 0.2) is 0 Å². The van der Waals surface area contributed by atoms with Crippen LogP contribution in [0.2, 0.25) is 5.02 Å². The molecule has 0 radical (unpaired) electrons. The standard InChI is InChI=1S/C20H21ClN2O7/c1-22-19(25)28-8-12-13(9-29-20(26)23-2)17-15(18(24)27-3)14(16(12)30-17)10-4-6-11(21)7-5-10/h4-7,16-17H,8-9H2,1-3H3,(H,22,25)(H,23,26). The lowest BCUT2D eigenvalue weighted by molar-refractivity contribution is -0.136. The molecule has 2 aliphatic rings. The van der Waals surface area contributed by atoms with Crippen LogP contribution in [0.4, 0.5) is 9.59 Å². The van der Waals surface area contributed by atoms with Crippen LogP contribution >= 0.6 is 11.6 Å². The van der Waals surface area contributed by atoms with Crippen LogP contribution in [-0.4, -0.2) is 64.8 Å². The van der Waals surface area contributed by atoms with Gasteiger partial charge in [0.05, 0.1) is 12.7 Å². The zero-order valence-electron chi connectivity index (χ0n) is 16.6. The van der Waals surface area contributed by atoms with Crippen molar-refractivity contribution in [2.75, 3.05) is 34.4 Å². The molecule has 0 saturated heterocycles. The van der Waals surface area contributed by atoms with Gasteiger partial charge in [-0.3, -0.25) is 0 Å². The first-order chi connectivity index (χ1) is 14.4. The molecular formula is C20H21ClN2O7. The molecule has 2 N–H and O–H groups in total. The van der Waals surface area contributed by atoms with E-state index in [2.05, 4.69) is 10.6 Å². The van der Waals surface area contributed by atoms with E-state index in [1.807, 2.05) is 0 Å². The van der Waals surface area contributed by atoms with Gasteiger partial charge in [-0.2, -0.15) is 0 Å². The summed E-state index contributed by atoms with van der Waals surface area (Å²) in [4.78, 5) is 35.8. The summed E-state index contributed by atoms with van der Waals surface area (Å²) in [6.07, 6.45) is -2.72. The highest BCUT2D eigenvalue weighted by Gasteiger charge is 2.50. The number of fused-ring (bicyclic) bond motifs is 2. The number of hydrogen-bond donors (Lipinski definition) is 2. The molecule has 9 nitrogen and oxygen atoms in total. The van der Waals surface area contributed by atoms with Crippen molar-refractivity contribution in [1.82, 2.24) is 10.6 Å². The molecule has 3 rings (SSSR count). The average molecular weight is 437 g/mol. The van der Waals surface area contributed by atoms with Crippen molar-refractivity contribution < 1.29 is 33.3 Å². The molecule has 30 heavy (non-hydrogen) atoms. The van der Waals surface area contributed by atoms with Gasteiger partial charge >= 0.3 is 18.2 Å². The van der Waals surface area contributed by atoms with E-state index in [0.29, 0.717) is 27.3 Å². The molecular weight excluding hydrogens is 416 g/mol. The normalized spacial score (nSPS) is 19.6. The molecule has 10 heteroatoms. The smallest absolute Gasteiger partial charge is 0.407 e. The van der Waals surface area contributed by atoms with Crippen LogP contribution in [0.5, 0.6) is 0 Å². The van der Waals surface area contributed by atoms with E-state index >= 15 is 0 Å². The Morgan fingerprint density at radius 2 is 1.50 bits per heavy atom. The number of ether oxygens (including phenoxy) is 4. The molecule has 0 saturated carbocycles. The van der Waals surface area contributed by atoms with Crippen LogP contribution in [0.3, 0.4) is 0 Å². The van der Waals surface area contributed by atoms with Crippen LogP contribution in [-0.2, 0) is 23.7 Å². The number of rotatable bonds is 6. The summed E-state index contributed by atoms with van der Waals surface area (Å²) in [5.41, 5.74) is 2.76. The number of alkyl carbamates (subject to hydrolysis) is 2. The molecule has 0 spiro atoms. The van der Waals surface area contributed by atoms with Gasteiger partial charge in [-0.1, -0.05) is 23.7 Å². The average Bonchev–Trinajstić information content (AvgIpc) is 3.31. The number of methoxy groups -OCH3 is 1. The molecule has 1 aromatic carbocycles. The number of hydrogen-bond acceptors (Lipinski definition) is 7. The highest BCUT2D eigenvalue weighted by molar-refractivity contribution is 6.30. The summed E-state index contributed by atoms with van der Waals surface area (Å²) in [5.74, 6) is -0.559. The van der Waals surface area contributed by atoms with Crippen molar-refractivity contribution in [3.8, 4) is 0 Å². The minimum absolute atomic E-state index is 0.0984. The summed E-state index contributed by atoms with van der Waals surface area (Å²) in [6.45, 7) is -0.236. The molecule has 2 amide bonds. The van der Waals surface area contributed by atoms with E-state index in [1.165, 1.54) is 21.2 Å². The Hall–Kier alpha value is -3.04. The van der Waals surface area contributed by atoms with E-state index in [1.54, 1.807) is 24.3 Å². The van der Waals surface area contributed by atoms with Crippen LogP contribution in [0.1, 0.15) is 5.56 Å². The Morgan fingerprint density at radius 1 is 0.967 bits per heavy atom. The van der Waals surface area contributed by atoms with Crippen LogP contribution in [0.15, 0.2) is 41.0 Å². The number of carbonyl (C=O) groups is 3. The molecule has 1 aromatic rings. The molecule has 2 unspecified atom stereocenters. The molecule has 2 atom stereocenters. The first kappa shape index (κ1) is 21.7. The summed E-state index contributed by atoms with van der Waals surface area (Å²) >= 11 is 5.99. The number of esters is 1. The number of halogens is 1. The predicted octanol–water partition coefficient (Wildman–Crippen LogP) is 2.06. The highest BCUT2D eigenvalue weighted by Crippen LogP contribution is 2.48. The quantitative estimate of drug-likeness (QED) is 0.398. The summed E-state index contributed by atoms with van der Waals surface area (Å²) in [7, 11) is 4.15. The number of carbonyl (C=O) groups excluding carboxylic acids is 3. The van der Waals surface area contributed by atoms with Crippen molar-refractivity contribution in [3.05, 3.63) is 51.6 Å². The Morgan fingerprint density at radius 3 is 2.00 bits per heavy atom. The van der Waals surface area contributed by atoms with Crippen molar-refractivity contribution in [2.45, 2.75) is 12.2 Å². The second kappa shape index (κ2) is 9.19. The fourth-order valence-electron chi connectivity index (χ4n) is 3.44. The molecule has 160 valence electrons. The van der Waals surface area contributed by atoms with E-state index in [9.17, 15) is 14.4 Å². The molecule has 2 heterocycles. The largest absolute Gasteiger partial charge is 0.466 e. The van der Waals surface area contributed by atoms with E-state index in [0.717, 1.165) is 5.56 Å². The summed E-state index contributed by atoms with van der Waals surface area (Å²) < 4.78 is 21.4. The molecule has 0 aliphatic carbocycles. The third kappa shape index (κ3) is 4.12. The van der Waals surface area contributed by atoms with Crippen molar-refractivity contribution in [2.24, 2.45) is 0 Å². The Bertz CT molecular complexity index is 924. The second-order valence-electron chi connectivity index (χ2n) is 6.42. The number of amides is 2. The first-order valence-electron chi connectivity index (χ1n) is 9.05. The molecule has 0 fully saturated rings. The van der Waals surface area contributed by atoms with Gasteiger partial charge in [0.1, 0.15) is 25.4 Å². The van der Waals surface area contributed by atoms with Gasteiger partial charge < -0.3 is 29.6 Å². The maximum absolute atomic E-state index is 12.6. The van der Waals surface area contributed by atoms with Crippen LogP contribution in [0, 0.1) is 0 Å². The minimum atomic E-state index is -0.791. The van der Waals surface area contributed by atoms with E-state index in [4.69, 9.17) is 30.5 Å². The number of benzene rings is 1. The summed E-state index contributed by atoms with van der Waals surface area (Å²) in [5, 5.41) is 5.27. The highest BCUT2D eigenvalue weighted by atomic mass is 35.5. The van der Waals surface area contributed by atoms with Crippen molar-refractivity contribution in [3.63, 3.8) is 0 Å². The Kier molecular flexibility index (Phi) is 6.63. The predicted molar refractivity (Wildman–Crippen MR) is 107 cm³/mol. The minimum Gasteiger partial charge on any atom is -0.466 e. The maximum Gasteiger partial charge on any atom is 0.407 e.